The summed E-state index contributed by atoms with van der Waals surface area (Å²) in [4.78, 5) is 44.7. The van der Waals surface area contributed by atoms with Crippen LogP contribution in [0.2, 0.25) is 5.02 Å². The molecule has 0 saturated carbocycles. The predicted octanol–water partition coefficient (Wildman–Crippen LogP) is 6.40. The fraction of sp³-hybridized carbons (Fsp3) is 0.333. The zero-order valence-electron chi connectivity index (χ0n) is 30.1. The topological polar surface area (TPSA) is 124 Å². The maximum absolute atomic E-state index is 14.3. The van der Waals surface area contributed by atoms with Gasteiger partial charge in [-0.05, 0) is 101 Å². The first-order valence-corrected chi connectivity index (χ1v) is 18.1. The van der Waals surface area contributed by atoms with Gasteiger partial charge in [0.1, 0.15) is 6.61 Å². The maximum atomic E-state index is 14.3. The number of methoxy groups -OCH3 is 1. The quantitative estimate of drug-likeness (QED) is 0.135. The van der Waals surface area contributed by atoms with Gasteiger partial charge in [-0.3, -0.25) is 9.36 Å². The Morgan fingerprint density at radius 2 is 1.63 bits per heavy atom. The molecule has 0 amide bonds. The number of halogens is 1. The van der Waals surface area contributed by atoms with Gasteiger partial charge in [0.2, 0.25) is 0 Å². The number of ether oxygens (including phenoxy) is 6. The summed E-state index contributed by atoms with van der Waals surface area (Å²) >= 11 is 7.95. The minimum atomic E-state index is -0.843. The van der Waals surface area contributed by atoms with Crippen LogP contribution in [-0.4, -0.2) is 49.5 Å². The van der Waals surface area contributed by atoms with Gasteiger partial charge in [-0.1, -0.05) is 41.1 Å². The van der Waals surface area contributed by atoms with Crippen molar-refractivity contribution < 1.29 is 38.0 Å². The van der Waals surface area contributed by atoms with Crippen molar-refractivity contribution >= 4 is 41.0 Å². The number of fused-ring (bicyclic) bond motifs is 1. The largest absolute Gasteiger partial charge is 0.493 e. The Labute approximate surface area is 310 Å². The average molecular weight is 749 g/mol. The zero-order chi connectivity index (χ0) is 37.5. The highest BCUT2D eigenvalue weighted by molar-refractivity contribution is 7.07. The van der Waals surface area contributed by atoms with E-state index in [9.17, 15) is 14.4 Å². The van der Waals surface area contributed by atoms with Gasteiger partial charge in [0.25, 0.3) is 5.56 Å². The van der Waals surface area contributed by atoms with E-state index < -0.39 is 18.0 Å². The summed E-state index contributed by atoms with van der Waals surface area (Å²) in [5.74, 6) is 0.768. The third-order valence-electron chi connectivity index (χ3n) is 7.86. The number of thiazole rings is 1. The molecule has 274 valence electrons. The molecule has 52 heavy (non-hydrogen) atoms. The molecule has 11 nitrogen and oxygen atoms in total. The van der Waals surface area contributed by atoms with E-state index in [2.05, 4.69) is 4.99 Å². The third-order valence-corrected chi connectivity index (χ3v) is 9.12. The van der Waals surface area contributed by atoms with Crippen LogP contribution in [0.5, 0.6) is 23.0 Å². The van der Waals surface area contributed by atoms with Gasteiger partial charge in [0.05, 0.1) is 65.5 Å². The number of esters is 2. The molecule has 0 aliphatic carbocycles. The Bertz CT molecular complexity index is 2170. The minimum absolute atomic E-state index is 0.0940. The Hall–Kier alpha value is -5.07. The van der Waals surface area contributed by atoms with Crippen LogP contribution in [0.1, 0.15) is 74.6 Å². The highest BCUT2D eigenvalue weighted by Crippen LogP contribution is 2.38. The minimum Gasteiger partial charge on any atom is -0.493 e. The molecule has 2 heterocycles. The van der Waals surface area contributed by atoms with E-state index in [1.54, 1.807) is 75.4 Å². The Kier molecular flexibility index (Phi) is 12.5. The van der Waals surface area contributed by atoms with Crippen molar-refractivity contribution in [3.63, 3.8) is 0 Å². The molecular formula is C39H41ClN2O9S. The van der Waals surface area contributed by atoms with Crippen molar-refractivity contribution in [1.29, 1.82) is 0 Å². The van der Waals surface area contributed by atoms with E-state index in [0.29, 0.717) is 67.9 Å². The van der Waals surface area contributed by atoms with Gasteiger partial charge < -0.3 is 28.4 Å². The number of aromatic nitrogens is 1. The number of carbonyl (C=O) groups is 2. The lowest BCUT2D eigenvalue weighted by Gasteiger charge is -2.25. The first-order valence-electron chi connectivity index (χ1n) is 16.9. The summed E-state index contributed by atoms with van der Waals surface area (Å²) in [6.07, 6.45) is 1.61. The number of allylic oxidation sites excluding steroid dienone is 1. The number of hydrogen-bond donors (Lipinski definition) is 0. The number of benzene rings is 3. The van der Waals surface area contributed by atoms with E-state index in [4.69, 9.17) is 40.0 Å². The summed E-state index contributed by atoms with van der Waals surface area (Å²) in [6, 6.07) is 14.8. The highest BCUT2D eigenvalue weighted by Gasteiger charge is 2.34. The molecule has 1 aliphatic heterocycles. The van der Waals surface area contributed by atoms with Gasteiger partial charge in [-0.25, -0.2) is 14.6 Å². The van der Waals surface area contributed by atoms with Crippen LogP contribution in [-0.2, 0) is 20.9 Å². The monoisotopic (exact) mass is 748 g/mol. The first kappa shape index (κ1) is 38.2. The fourth-order valence-corrected chi connectivity index (χ4v) is 6.97. The molecular weight excluding hydrogens is 708 g/mol. The highest BCUT2D eigenvalue weighted by atomic mass is 35.5. The number of nitrogens with zero attached hydrogens (tertiary/aromatic N) is 2. The van der Waals surface area contributed by atoms with E-state index in [1.807, 2.05) is 26.8 Å². The molecule has 0 fully saturated rings. The summed E-state index contributed by atoms with van der Waals surface area (Å²) in [5.41, 5.74) is 2.81. The lowest BCUT2D eigenvalue weighted by Crippen LogP contribution is -2.40. The van der Waals surface area contributed by atoms with E-state index in [1.165, 1.54) is 23.0 Å². The van der Waals surface area contributed by atoms with Gasteiger partial charge in [0.15, 0.2) is 27.8 Å². The van der Waals surface area contributed by atoms with Crippen molar-refractivity contribution in [3.8, 4) is 23.0 Å². The standard InChI is InChI=1S/C39H41ClN2O9S/c1-8-47-31-18-25(17-28(40)35(31)50-21-24-11-13-26(14-12-24)37(44)48-9-2)19-32-36(43)42-34(27-15-16-29(51-22(4)5)30(20-27)46-7)33(38(45)49-10-3)23(6)41-39(42)52-32/h11-20,22,34H,8-10,21H2,1-7H3/b32-19+/t34-/m1/s1. The molecule has 4 aromatic rings. The van der Waals surface area contributed by atoms with E-state index >= 15 is 0 Å². The molecule has 1 aliphatic rings. The second-order valence-electron chi connectivity index (χ2n) is 11.8. The smallest absolute Gasteiger partial charge is 0.338 e. The molecule has 0 bridgehead atoms. The van der Waals surface area contributed by atoms with Gasteiger partial charge in [-0.2, -0.15) is 0 Å². The molecule has 0 saturated heterocycles. The van der Waals surface area contributed by atoms with Crippen LogP contribution >= 0.6 is 22.9 Å². The average Bonchev–Trinajstić information content (AvgIpc) is 3.41. The second kappa shape index (κ2) is 17.0. The molecule has 0 N–H and O–H groups in total. The fourth-order valence-electron chi connectivity index (χ4n) is 5.65. The van der Waals surface area contributed by atoms with Crippen molar-refractivity contribution in [2.24, 2.45) is 4.99 Å². The Morgan fingerprint density at radius 1 is 0.923 bits per heavy atom. The summed E-state index contributed by atoms with van der Waals surface area (Å²) in [6.45, 7) is 11.8. The molecule has 0 radical (unpaired) electrons. The molecule has 1 aromatic heterocycles. The molecule has 0 unspecified atom stereocenters. The SMILES string of the molecule is CCOC(=O)C1=C(C)N=c2s/c(=C/c3cc(Cl)c(OCc4ccc(C(=O)OCC)cc4)c(OCC)c3)c(=O)n2[C@@H]1c1ccc(OC(C)C)c(OC)c1. The number of carbonyl (C=O) groups excluding carboxylic acids is 2. The van der Waals surface area contributed by atoms with Crippen molar-refractivity contribution in [1.82, 2.24) is 4.57 Å². The number of rotatable bonds is 14. The van der Waals surface area contributed by atoms with Crippen molar-refractivity contribution in [2.75, 3.05) is 26.9 Å². The van der Waals surface area contributed by atoms with Gasteiger partial charge >= 0.3 is 11.9 Å². The lowest BCUT2D eigenvalue weighted by atomic mass is 9.95. The van der Waals surface area contributed by atoms with Crippen LogP contribution < -0.4 is 33.8 Å². The first-order chi connectivity index (χ1) is 25.0. The Morgan fingerprint density at radius 3 is 2.29 bits per heavy atom. The van der Waals surface area contributed by atoms with Crippen LogP contribution in [0.4, 0.5) is 0 Å². The molecule has 1 atom stereocenters. The summed E-state index contributed by atoms with van der Waals surface area (Å²) < 4.78 is 35.9. The molecule has 3 aromatic carbocycles. The zero-order valence-corrected chi connectivity index (χ0v) is 31.7. The Balaban J connectivity index is 1.54. The molecule has 5 rings (SSSR count). The van der Waals surface area contributed by atoms with E-state index in [0.717, 1.165) is 5.56 Å². The third kappa shape index (κ3) is 8.35. The summed E-state index contributed by atoms with van der Waals surface area (Å²) in [7, 11) is 1.54. The van der Waals surface area contributed by atoms with Crippen LogP contribution in [0.15, 0.2) is 75.7 Å². The normalized spacial score (nSPS) is 14.1. The van der Waals surface area contributed by atoms with Crippen LogP contribution in [0.25, 0.3) is 6.08 Å². The van der Waals surface area contributed by atoms with Gasteiger partial charge in [-0.15, -0.1) is 0 Å². The predicted molar refractivity (Wildman–Crippen MR) is 199 cm³/mol. The van der Waals surface area contributed by atoms with Crippen LogP contribution in [0, 0.1) is 0 Å². The van der Waals surface area contributed by atoms with Crippen LogP contribution in [0.3, 0.4) is 0 Å². The van der Waals surface area contributed by atoms with Crippen molar-refractivity contribution in [2.45, 2.75) is 60.3 Å². The summed E-state index contributed by atoms with van der Waals surface area (Å²) in [5, 5.41) is 0.280. The van der Waals surface area contributed by atoms with Crippen molar-refractivity contribution in [3.05, 3.63) is 113 Å². The second-order valence-corrected chi connectivity index (χ2v) is 13.3. The molecule has 13 heteroatoms. The lowest BCUT2D eigenvalue weighted by molar-refractivity contribution is -0.139. The maximum Gasteiger partial charge on any atom is 0.338 e. The molecule has 0 spiro atoms. The van der Waals surface area contributed by atoms with E-state index in [-0.39, 0.29) is 35.5 Å². The van der Waals surface area contributed by atoms with Gasteiger partial charge in [0, 0.05) is 0 Å². The number of hydrogen-bond acceptors (Lipinski definition) is 11.